The zero-order chi connectivity index (χ0) is 19.8. The van der Waals surface area contributed by atoms with Crippen LogP contribution in [0.25, 0.3) is 0 Å². The van der Waals surface area contributed by atoms with Crippen molar-refractivity contribution in [1.82, 2.24) is 14.7 Å². The van der Waals surface area contributed by atoms with Gasteiger partial charge in [-0.25, -0.2) is 0 Å². The van der Waals surface area contributed by atoms with Crippen LogP contribution in [0.4, 0.5) is 0 Å². The lowest BCUT2D eigenvalue weighted by Gasteiger charge is -2.37. The van der Waals surface area contributed by atoms with Gasteiger partial charge in [0.05, 0.1) is 11.1 Å². The van der Waals surface area contributed by atoms with E-state index in [1.54, 1.807) is 41.0 Å². The molecule has 28 heavy (non-hydrogen) atoms. The SMILES string of the molecule is CC(C(=O)N1CCN(C(=O)C2CCCO2)CC1)N1C(=O)c2ccccc2C1=O. The minimum absolute atomic E-state index is 0.0157. The number of ether oxygens (including phenoxy) is 1. The van der Waals surface area contributed by atoms with E-state index in [-0.39, 0.29) is 17.9 Å². The van der Waals surface area contributed by atoms with Crippen LogP contribution >= 0.6 is 0 Å². The molecule has 3 aliphatic rings. The summed E-state index contributed by atoms with van der Waals surface area (Å²) >= 11 is 0. The molecule has 2 saturated heterocycles. The molecule has 1 aromatic carbocycles. The van der Waals surface area contributed by atoms with Crippen LogP contribution in [0.3, 0.4) is 0 Å². The van der Waals surface area contributed by atoms with E-state index in [4.69, 9.17) is 4.74 Å². The first-order valence-corrected chi connectivity index (χ1v) is 9.65. The smallest absolute Gasteiger partial charge is 0.262 e. The number of benzene rings is 1. The van der Waals surface area contributed by atoms with Gasteiger partial charge < -0.3 is 14.5 Å². The van der Waals surface area contributed by atoms with Gasteiger partial charge >= 0.3 is 0 Å². The molecule has 0 radical (unpaired) electrons. The third-order valence-corrected chi connectivity index (χ3v) is 5.68. The average molecular weight is 385 g/mol. The van der Waals surface area contributed by atoms with Crippen LogP contribution in [-0.2, 0) is 14.3 Å². The summed E-state index contributed by atoms with van der Waals surface area (Å²) in [6, 6.07) is 5.71. The Labute approximate surface area is 163 Å². The lowest BCUT2D eigenvalue weighted by atomic mass is 10.1. The molecule has 8 nitrogen and oxygen atoms in total. The Hall–Kier alpha value is -2.74. The van der Waals surface area contributed by atoms with Gasteiger partial charge in [0, 0.05) is 32.8 Å². The molecule has 0 saturated carbocycles. The maximum Gasteiger partial charge on any atom is 0.262 e. The second-order valence-corrected chi connectivity index (χ2v) is 7.35. The number of nitrogens with zero attached hydrogens (tertiary/aromatic N) is 3. The van der Waals surface area contributed by atoms with Crippen molar-refractivity contribution in [3.05, 3.63) is 35.4 Å². The zero-order valence-electron chi connectivity index (χ0n) is 15.8. The fourth-order valence-corrected chi connectivity index (χ4v) is 4.06. The monoisotopic (exact) mass is 385 g/mol. The van der Waals surface area contributed by atoms with Gasteiger partial charge in [-0.15, -0.1) is 0 Å². The molecular weight excluding hydrogens is 362 g/mol. The fraction of sp³-hybridized carbons (Fsp3) is 0.500. The highest BCUT2D eigenvalue weighted by molar-refractivity contribution is 6.22. The fourth-order valence-electron chi connectivity index (χ4n) is 4.06. The lowest BCUT2D eigenvalue weighted by Crippen LogP contribution is -2.57. The van der Waals surface area contributed by atoms with Gasteiger partial charge in [-0.2, -0.15) is 0 Å². The molecule has 2 unspecified atom stereocenters. The number of carbonyl (C=O) groups is 4. The molecule has 0 bridgehead atoms. The van der Waals surface area contributed by atoms with Crippen LogP contribution in [0.1, 0.15) is 40.5 Å². The molecule has 3 heterocycles. The molecule has 4 amide bonds. The molecule has 0 aromatic heterocycles. The van der Waals surface area contributed by atoms with Gasteiger partial charge in [0.2, 0.25) is 5.91 Å². The van der Waals surface area contributed by atoms with Crippen molar-refractivity contribution in [2.45, 2.75) is 31.9 Å². The molecule has 148 valence electrons. The Kier molecular flexibility index (Phi) is 4.89. The third kappa shape index (κ3) is 3.07. The molecule has 4 rings (SSSR count). The Bertz CT molecular complexity index is 790. The highest BCUT2D eigenvalue weighted by Crippen LogP contribution is 2.25. The summed E-state index contributed by atoms with van der Waals surface area (Å²) in [5.41, 5.74) is 0.665. The van der Waals surface area contributed by atoms with E-state index in [1.165, 1.54) is 0 Å². The van der Waals surface area contributed by atoms with Gasteiger partial charge in [-0.05, 0) is 31.9 Å². The second-order valence-electron chi connectivity index (χ2n) is 7.35. The standard InChI is InChI=1S/C20H23N3O5/c1-13(23-18(25)14-5-2-3-6-15(14)19(23)26)17(24)21-8-10-22(11-9-21)20(27)16-7-4-12-28-16/h2-3,5-6,13,16H,4,7-12H2,1H3. The summed E-state index contributed by atoms with van der Waals surface area (Å²) in [4.78, 5) is 54.9. The molecule has 0 spiro atoms. The van der Waals surface area contributed by atoms with Gasteiger partial charge in [0.15, 0.2) is 0 Å². The molecule has 1 aromatic rings. The first kappa shape index (κ1) is 18.6. The minimum Gasteiger partial charge on any atom is -0.368 e. The summed E-state index contributed by atoms with van der Waals surface area (Å²) in [6.45, 7) is 3.81. The number of hydrogen-bond acceptors (Lipinski definition) is 5. The molecule has 2 atom stereocenters. The van der Waals surface area contributed by atoms with Crippen molar-refractivity contribution in [3.8, 4) is 0 Å². The highest BCUT2D eigenvalue weighted by atomic mass is 16.5. The number of amides is 4. The minimum atomic E-state index is -0.882. The first-order chi connectivity index (χ1) is 13.5. The van der Waals surface area contributed by atoms with Crippen LogP contribution in [0.15, 0.2) is 24.3 Å². The van der Waals surface area contributed by atoms with Crippen molar-refractivity contribution in [1.29, 1.82) is 0 Å². The topological polar surface area (TPSA) is 87.2 Å². The van der Waals surface area contributed by atoms with E-state index in [0.717, 1.165) is 17.7 Å². The van der Waals surface area contributed by atoms with Crippen molar-refractivity contribution >= 4 is 23.6 Å². The van der Waals surface area contributed by atoms with Gasteiger partial charge in [0.1, 0.15) is 12.1 Å². The molecular formula is C20H23N3O5. The predicted molar refractivity (Wildman–Crippen MR) is 98.5 cm³/mol. The van der Waals surface area contributed by atoms with E-state index < -0.39 is 17.9 Å². The van der Waals surface area contributed by atoms with Crippen molar-refractivity contribution in [3.63, 3.8) is 0 Å². The largest absolute Gasteiger partial charge is 0.368 e. The normalized spacial score (nSPS) is 23.2. The number of fused-ring (bicyclic) bond motifs is 1. The Balaban J connectivity index is 1.38. The second kappa shape index (κ2) is 7.35. The maximum absolute atomic E-state index is 12.9. The maximum atomic E-state index is 12.9. The summed E-state index contributed by atoms with van der Waals surface area (Å²) in [6.07, 6.45) is 1.28. The van der Waals surface area contributed by atoms with E-state index in [1.807, 2.05) is 0 Å². The summed E-state index contributed by atoms with van der Waals surface area (Å²) in [5.74, 6) is -1.17. The summed E-state index contributed by atoms with van der Waals surface area (Å²) in [7, 11) is 0. The highest BCUT2D eigenvalue weighted by Gasteiger charge is 2.42. The van der Waals surface area contributed by atoms with Gasteiger partial charge in [-0.1, -0.05) is 12.1 Å². The van der Waals surface area contributed by atoms with E-state index >= 15 is 0 Å². The van der Waals surface area contributed by atoms with E-state index in [0.29, 0.717) is 43.9 Å². The number of carbonyl (C=O) groups excluding carboxylic acids is 4. The summed E-state index contributed by atoms with van der Waals surface area (Å²) < 4.78 is 5.45. The van der Waals surface area contributed by atoms with Crippen molar-refractivity contribution in [2.75, 3.05) is 32.8 Å². The quantitative estimate of drug-likeness (QED) is 0.708. The molecule has 0 aliphatic carbocycles. The Morgan fingerprint density at radius 3 is 2.11 bits per heavy atom. The molecule has 3 aliphatic heterocycles. The zero-order valence-corrected chi connectivity index (χ0v) is 15.8. The van der Waals surface area contributed by atoms with Crippen LogP contribution in [-0.4, -0.2) is 83.3 Å². The van der Waals surface area contributed by atoms with Crippen LogP contribution in [0, 0.1) is 0 Å². The molecule has 0 N–H and O–H groups in total. The lowest BCUT2D eigenvalue weighted by molar-refractivity contribution is -0.147. The average Bonchev–Trinajstić information content (AvgIpc) is 3.35. The molecule has 2 fully saturated rings. The Morgan fingerprint density at radius 2 is 1.57 bits per heavy atom. The third-order valence-electron chi connectivity index (χ3n) is 5.68. The van der Waals surface area contributed by atoms with E-state index in [2.05, 4.69) is 0 Å². The first-order valence-electron chi connectivity index (χ1n) is 9.65. The summed E-state index contributed by atoms with van der Waals surface area (Å²) in [5, 5.41) is 0. The van der Waals surface area contributed by atoms with Crippen LogP contribution in [0.5, 0.6) is 0 Å². The number of rotatable bonds is 3. The van der Waals surface area contributed by atoms with Crippen molar-refractivity contribution in [2.24, 2.45) is 0 Å². The number of imide groups is 1. The Morgan fingerprint density at radius 1 is 1.00 bits per heavy atom. The molecule has 8 heteroatoms. The van der Waals surface area contributed by atoms with E-state index in [9.17, 15) is 19.2 Å². The van der Waals surface area contributed by atoms with Crippen LogP contribution in [0.2, 0.25) is 0 Å². The van der Waals surface area contributed by atoms with Gasteiger partial charge in [0.25, 0.3) is 17.7 Å². The number of piperazine rings is 1. The van der Waals surface area contributed by atoms with Crippen LogP contribution < -0.4 is 0 Å². The number of hydrogen-bond donors (Lipinski definition) is 0. The van der Waals surface area contributed by atoms with Gasteiger partial charge in [-0.3, -0.25) is 24.1 Å². The van der Waals surface area contributed by atoms with Crippen molar-refractivity contribution < 1.29 is 23.9 Å². The predicted octanol–water partition coefficient (Wildman–Crippen LogP) is 0.521.